The number of unbranched alkanes of at least 4 members (excludes halogenated alkanes) is 3. The number of rotatable bonds is 5. The highest BCUT2D eigenvalue weighted by molar-refractivity contribution is 6.38. The predicted octanol–water partition coefficient (Wildman–Crippen LogP) is 1.19. The van der Waals surface area contributed by atoms with Crippen molar-refractivity contribution in [2.75, 3.05) is 0 Å². The first-order valence-electron chi connectivity index (χ1n) is 5.02. The molecule has 15 heavy (non-hydrogen) atoms. The fourth-order valence-electron chi connectivity index (χ4n) is 1.02. The zero-order valence-electron chi connectivity index (χ0n) is 9.16. The Morgan fingerprint density at radius 3 is 2.67 bits per heavy atom. The number of hydrogen-bond acceptors (Lipinski definition) is 2. The highest BCUT2D eigenvalue weighted by Crippen LogP contribution is 1.97. The van der Waals surface area contributed by atoms with Crippen LogP contribution in [-0.4, -0.2) is 27.5 Å². The molecule has 0 saturated carbocycles. The van der Waals surface area contributed by atoms with Crippen molar-refractivity contribution >= 4 is 11.5 Å². The van der Waals surface area contributed by atoms with Crippen molar-refractivity contribution in [1.82, 2.24) is 0 Å². The van der Waals surface area contributed by atoms with Gasteiger partial charge in [0.1, 0.15) is 0 Å². The molecule has 0 radical (unpaired) electrons. The molecule has 0 aromatic rings. The first kappa shape index (κ1) is 13.6. The molecule has 0 aromatic carbocycles. The number of aliphatic hydroxyl groups excluding tert-OH is 1. The van der Waals surface area contributed by atoms with Crippen LogP contribution in [0.1, 0.15) is 39.5 Å². The zero-order valence-corrected chi connectivity index (χ0v) is 9.16. The third-order valence-electron chi connectivity index (χ3n) is 1.87. The molecule has 0 saturated heterocycles. The number of carbonyl (C=O) groups is 1. The van der Waals surface area contributed by atoms with Crippen molar-refractivity contribution in [2.45, 2.75) is 45.6 Å². The molecule has 0 fully saturated rings. The van der Waals surface area contributed by atoms with E-state index in [2.05, 4.69) is 23.6 Å². The summed E-state index contributed by atoms with van der Waals surface area (Å²) in [5, 5.41) is 9.35. The Hall–Kier alpha value is -1.43. The van der Waals surface area contributed by atoms with Gasteiger partial charge in [0.15, 0.2) is 0 Å². The lowest BCUT2D eigenvalue weighted by Gasteiger charge is -1.93. The fourth-order valence-corrected chi connectivity index (χ4v) is 1.02. The number of carbonyl (C=O) groups excluding carboxylic acids is 1. The molecule has 0 heterocycles. The number of ketones is 1. The minimum atomic E-state index is -1.28. The molecule has 0 aliphatic rings. The van der Waals surface area contributed by atoms with Crippen molar-refractivity contribution in [3.05, 3.63) is 5.53 Å². The standard InChI is InChI=1S/C11H16N2O2/c1-3-4-5-6-7-8-10(15)11(13-12)9(2)14/h10,15H,3-6H2,1-2H3. The second-order valence-corrected chi connectivity index (χ2v) is 3.22. The minimum absolute atomic E-state index is 0.307. The minimum Gasteiger partial charge on any atom is -0.370 e. The fraction of sp³-hybridized carbons (Fsp3) is 0.636. The maximum absolute atomic E-state index is 10.8. The van der Waals surface area contributed by atoms with E-state index in [1.54, 1.807) is 0 Å². The molecule has 0 rings (SSSR count). The van der Waals surface area contributed by atoms with Gasteiger partial charge in [-0.05, 0) is 6.42 Å². The molecular formula is C11H16N2O2. The average molecular weight is 208 g/mol. The summed E-state index contributed by atoms with van der Waals surface area (Å²) >= 11 is 0. The molecule has 0 bridgehead atoms. The van der Waals surface area contributed by atoms with E-state index >= 15 is 0 Å². The van der Waals surface area contributed by atoms with Crippen molar-refractivity contribution < 1.29 is 14.7 Å². The monoisotopic (exact) mass is 208 g/mol. The van der Waals surface area contributed by atoms with Crippen LogP contribution in [0.4, 0.5) is 0 Å². The quantitative estimate of drug-likeness (QED) is 0.242. The Bertz CT molecular complexity index is 319. The number of aliphatic hydroxyl groups is 1. The highest BCUT2D eigenvalue weighted by Gasteiger charge is 2.23. The Morgan fingerprint density at radius 1 is 1.53 bits per heavy atom. The van der Waals surface area contributed by atoms with Crippen LogP contribution in [0.5, 0.6) is 0 Å². The van der Waals surface area contributed by atoms with Crippen molar-refractivity contribution in [2.24, 2.45) is 0 Å². The molecule has 0 aliphatic heterocycles. The van der Waals surface area contributed by atoms with E-state index in [-0.39, 0.29) is 5.71 Å². The second-order valence-electron chi connectivity index (χ2n) is 3.22. The maximum atomic E-state index is 10.8. The van der Waals surface area contributed by atoms with Crippen LogP contribution in [0.3, 0.4) is 0 Å². The van der Waals surface area contributed by atoms with E-state index in [0.717, 1.165) is 19.3 Å². The number of Topliss-reactive ketones (excluding diaryl/α,β-unsaturated/α-hetero) is 1. The summed E-state index contributed by atoms with van der Waals surface area (Å²) in [6, 6.07) is 0. The van der Waals surface area contributed by atoms with E-state index < -0.39 is 11.9 Å². The first-order valence-corrected chi connectivity index (χ1v) is 5.02. The number of hydrogen-bond donors (Lipinski definition) is 1. The van der Waals surface area contributed by atoms with Gasteiger partial charge in [-0.15, -0.1) is 0 Å². The maximum Gasteiger partial charge on any atom is 0.374 e. The van der Waals surface area contributed by atoms with E-state index in [1.165, 1.54) is 6.92 Å². The molecule has 1 unspecified atom stereocenters. The van der Waals surface area contributed by atoms with E-state index in [0.29, 0.717) is 6.42 Å². The molecule has 4 nitrogen and oxygen atoms in total. The normalized spacial score (nSPS) is 10.9. The summed E-state index contributed by atoms with van der Waals surface area (Å²) in [7, 11) is 0. The van der Waals surface area contributed by atoms with Gasteiger partial charge in [-0.3, -0.25) is 4.79 Å². The molecule has 0 aliphatic carbocycles. The lowest BCUT2D eigenvalue weighted by Crippen LogP contribution is -2.26. The summed E-state index contributed by atoms with van der Waals surface area (Å²) < 4.78 is 0. The summed E-state index contributed by atoms with van der Waals surface area (Å²) in [4.78, 5) is 13.6. The van der Waals surface area contributed by atoms with Crippen LogP contribution in [0.25, 0.3) is 5.53 Å². The van der Waals surface area contributed by atoms with E-state index in [4.69, 9.17) is 5.53 Å². The van der Waals surface area contributed by atoms with Crippen LogP contribution < -0.4 is 0 Å². The van der Waals surface area contributed by atoms with Crippen LogP contribution in [0.15, 0.2) is 0 Å². The second kappa shape index (κ2) is 7.93. The van der Waals surface area contributed by atoms with Gasteiger partial charge in [-0.2, -0.15) is 4.79 Å². The summed E-state index contributed by atoms with van der Waals surface area (Å²) in [6.07, 6.45) is 2.58. The summed E-state index contributed by atoms with van der Waals surface area (Å²) in [5.41, 5.74) is 8.14. The summed E-state index contributed by atoms with van der Waals surface area (Å²) in [6.45, 7) is 3.31. The molecule has 1 N–H and O–H groups in total. The molecule has 0 spiro atoms. The zero-order chi connectivity index (χ0) is 11.7. The Labute approximate surface area is 89.9 Å². The molecular weight excluding hydrogens is 192 g/mol. The molecule has 0 amide bonds. The van der Waals surface area contributed by atoms with Crippen molar-refractivity contribution in [3.8, 4) is 11.8 Å². The van der Waals surface area contributed by atoms with Gasteiger partial charge in [0.05, 0.1) is 0 Å². The van der Waals surface area contributed by atoms with Gasteiger partial charge < -0.3 is 10.6 Å². The van der Waals surface area contributed by atoms with Crippen LogP contribution >= 0.6 is 0 Å². The van der Waals surface area contributed by atoms with E-state index in [1.807, 2.05) is 0 Å². The topological polar surface area (TPSA) is 73.7 Å². The summed E-state index contributed by atoms with van der Waals surface area (Å²) in [5.74, 6) is 4.73. The number of nitrogens with zero attached hydrogens (tertiary/aromatic N) is 2. The van der Waals surface area contributed by atoms with Crippen LogP contribution in [-0.2, 0) is 4.79 Å². The van der Waals surface area contributed by atoms with Gasteiger partial charge in [-0.25, -0.2) is 0 Å². The van der Waals surface area contributed by atoms with Crippen LogP contribution in [0, 0.1) is 11.8 Å². The Balaban J connectivity index is 4.16. The van der Waals surface area contributed by atoms with Gasteiger partial charge in [0, 0.05) is 13.3 Å². The average Bonchev–Trinajstić information content (AvgIpc) is 2.18. The molecule has 82 valence electrons. The lowest BCUT2D eigenvalue weighted by molar-refractivity contribution is -0.116. The molecule has 0 aromatic heterocycles. The van der Waals surface area contributed by atoms with Gasteiger partial charge in [0.25, 0.3) is 0 Å². The third kappa shape index (κ3) is 5.79. The van der Waals surface area contributed by atoms with Gasteiger partial charge >= 0.3 is 5.71 Å². The van der Waals surface area contributed by atoms with Crippen molar-refractivity contribution in [3.63, 3.8) is 0 Å². The predicted molar refractivity (Wildman–Crippen MR) is 57.2 cm³/mol. The molecule has 4 heteroatoms. The lowest BCUT2D eigenvalue weighted by atomic mass is 10.1. The Kier molecular flexibility index (Phi) is 7.17. The first-order chi connectivity index (χ1) is 7.13. The van der Waals surface area contributed by atoms with E-state index in [9.17, 15) is 9.90 Å². The third-order valence-corrected chi connectivity index (χ3v) is 1.87. The Morgan fingerprint density at radius 2 is 2.20 bits per heavy atom. The highest BCUT2D eigenvalue weighted by atomic mass is 16.3. The smallest absolute Gasteiger partial charge is 0.370 e. The SMILES string of the molecule is CCCCCC#CC(O)C(=[N+]=[N-])C(C)=O. The van der Waals surface area contributed by atoms with Gasteiger partial charge in [-0.1, -0.05) is 31.6 Å². The van der Waals surface area contributed by atoms with Crippen molar-refractivity contribution in [1.29, 1.82) is 0 Å². The van der Waals surface area contributed by atoms with Crippen LogP contribution in [0.2, 0.25) is 0 Å². The van der Waals surface area contributed by atoms with Gasteiger partial charge in [0.2, 0.25) is 11.9 Å². The largest absolute Gasteiger partial charge is 0.374 e. The molecule has 1 atom stereocenters.